The zero-order valence-electron chi connectivity index (χ0n) is 13.1. The van der Waals surface area contributed by atoms with Gasteiger partial charge in [-0.3, -0.25) is 10.2 Å². The number of hydrazone groups is 1. The number of carbonyl (C=O) groups is 1. The molecule has 1 aliphatic rings. The molecule has 1 atom stereocenters. The highest BCUT2D eigenvalue weighted by Gasteiger charge is 2.48. The summed E-state index contributed by atoms with van der Waals surface area (Å²) in [6, 6.07) is 0.654. The van der Waals surface area contributed by atoms with Crippen LogP contribution in [0.25, 0.3) is 4.85 Å². The predicted octanol–water partition coefficient (Wildman–Crippen LogP) is 5.17. The third kappa shape index (κ3) is 4.06. The van der Waals surface area contributed by atoms with E-state index in [-0.39, 0.29) is 0 Å². The van der Waals surface area contributed by atoms with Crippen molar-refractivity contribution in [3.8, 4) is 0 Å². The smallest absolute Gasteiger partial charge is 0.322 e. The van der Waals surface area contributed by atoms with Crippen molar-refractivity contribution in [1.82, 2.24) is 5.43 Å². The van der Waals surface area contributed by atoms with Gasteiger partial charge in [-0.2, -0.15) is 31.4 Å². The van der Waals surface area contributed by atoms with Gasteiger partial charge in [0.1, 0.15) is 11.3 Å². The SMILES string of the molecule is [C-]#[N+]c1cc(Cl)c(NC(=O)C2(C)CC(C(F)(F)F)=NN2)c(Cl)c1C(F)(F)F. The van der Waals surface area contributed by atoms with Crippen LogP contribution in [-0.2, 0) is 11.0 Å². The maximum atomic E-state index is 13.2. The van der Waals surface area contributed by atoms with Crippen molar-refractivity contribution in [3.05, 3.63) is 33.1 Å². The van der Waals surface area contributed by atoms with E-state index in [0.717, 1.165) is 6.92 Å². The summed E-state index contributed by atoms with van der Waals surface area (Å²) in [6.45, 7) is 7.88. The highest BCUT2D eigenvalue weighted by Crippen LogP contribution is 2.47. The second kappa shape index (κ2) is 6.76. The molecule has 0 spiro atoms. The molecule has 27 heavy (non-hydrogen) atoms. The fourth-order valence-electron chi connectivity index (χ4n) is 2.23. The van der Waals surface area contributed by atoms with E-state index < -0.39 is 62.9 Å². The van der Waals surface area contributed by atoms with Gasteiger partial charge in [-0.1, -0.05) is 23.2 Å². The molecular formula is C14H8Cl2F6N4O. The average Bonchev–Trinajstić information content (AvgIpc) is 2.93. The third-order valence-electron chi connectivity index (χ3n) is 3.63. The lowest BCUT2D eigenvalue weighted by molar-refractivity contribution is -0.136. The second-order valence-electron chi connectivity index (χ2n) is 5.68. The van der Waals surface area contributed by atoms with Crippen LogP contribution in [0.3, 0.4) is 0 Å². The number of amides is 1. The molecule has 5 nitrogen and oxygen atoms in total. The molecule has 146 valence electrons. The first kappa shape index (κ1) is 21.1. The van der Waals surface area contributed by atoms with Crippen molar-refractivity contribution in [2.45, 2.75) is 31.2 Å². The number of rotatable bonds is 2. The van der Waals surface area contributed by atoms with Gasteiger partial charge >= 0.3 is 12.4 Å². The Morgan fingerprint density at radius 3 is 2.33 bits per heavy atom. The molecule has 0 saturated carbocycles. The van der Waals surface area contributed by atoms with Crippen LogP contribution in [-0.4, -0.2) is 23.3 Å². The number of hydrogen-bond acceptors (Lipinski definition) is 3. The summed E-state index contributed by atoms with van der Waals surface area (Å²) in [6.07, 6.45) is -10.7. The minimum atomic E-state index is -5.02. The lowest BCUT2D eigenvalue weighted by Gasteiger charge is -2.24. The summed E-state index contributed by atoms with van der Waals surface area (Å²) in [5.41, 5.74) is -4.21. The van der Waals surface area contributed by atoms with E-state index in [4.69, 9.17) is 29.8 Å². The van der Waals surface area contributed by atoms with E-state index in [9.17, 15) is 31.1 Å². The van der Waals surface area contributed by atoms with Crippen molar-refractivity contribution in [2.75, 3.05) is 5.32 Å². The number of halogens is 8. The summed E-state index contributed by atoms with van der Waals surface area (Å²) in [5.74, 6) is -1.14. The Bertz CT molecular complexity index is 874. The van der Waals surface area contributed by atoms with E-state index in [1.165, 1.54) is 0 Å². The molecule has 0 aliphatic carbocycles. The van der Waals surface area contributed by atoms with Gasteiger partial charge in [-0.05, 0) is 13.0 Å². The number of nitrogens with one attached hydrogen (secondary N) is 2. The Morgan fingerprint density at radius 2 is 1.89 bits per heavy atom. The number of benzene rings is 1. The van der Waals surface area contributed by atoms with E-state index in [0.29, 0.717) is 6.07 Å². The molecule has 2 N–H and O–H groups in total. The topological polar surface area (TPSA) is 57.9 Å². The fraction of sp³-hybridized carbons (Fsp3) is 0.357. The largest absolute Gasteiger partial charge is 0.431 e. The molecule has 1 unspecified atom stereocenters. The molecule has 1 aliphatic heterocycles. The van der Waals surface area contributed by atoms with Crippen molar-refractivity contribution < 1.29 is 31.1 Å². The van der Waals surface area contributed by atoms with Crippen molar-refractivity contribution in [2.24, 2.45) is 5.10 Å². The number of anilines is 1. The molecular weight excluding hydrogens is 425 g/mol. The van der Waals surface area contributed by atoms with E-state index in [2.05, 4.69) is 9.95 Å². The van der Waals surface area contributed by atoms with Crippen LogP contribution in [0.5, 0.6) is 0 Å². The van der Waals surface area contributed by atoms with Gasteiger partial charge in [-0.15, -0.1) is 0 Å². The first-order chi connectivity index (χ1) is 12.2. The molecule has 1 amide bonds. The second-order valence-corrected chi connectivity index (χ2v) is 6.47. The standard InChI is InChI=1S/C14H8Cl2F6N4O/c1-12(4-7(25-26-12)13(17,18)19)11(27)24-10-5(15)3-6(23-2)8(9(10)16)14(20,21)22/h3,26H,4H2,1H3,(H,24,27). The monoisotopic (exact) mass is 432 g/mol. The molecule has 2 rings (SSSR count). The van der Waals surface area contributed by atoms with Crippen LogP contribution in [0.1, 0.15) is 18.9 Å². The van der Waals surface area contributed by atoms with Crippen LogP contribution in [0.4, 0.5) is 37.7 Å². The number of hydrogen-bond donors (Lipinski definition) is 2. The first-order valence-electron chi connectivity index (χ1n) is 6.89. The summed E-state index contributed by atoms with van der Waals surface area (Å²) in [4.78, 5) is 15.1. The van der Waals surface area contributed by atoms with Gasteiger partial charge in [0.2, 0.25) is 5.69 Å². The summed E-state index contributed by atoms with van der Waals surface area (Å²) < 4.78 is 77.6. The minimum Gasteiger partial charge on any atom is -0.322 e. The number of alkyl halides is 6. The molecule has 13 heteroatoms. The van der Waals surface area contributed by atoms with E-state index >= 15 is 0 Å². The Labute approximate surface area is 158 Å². The lowest BCUT2D eigenvalue weighted by Crippen LogP contribution is -2.48. The van der Waals surface area contributed by atoms with Gasteiger partial charge in [0.15, 0.2) is 0 Å². The van der Waals surface area contributed by atoms with Gasteiger partial charge in [0.05, 0.1) is 27.9 Å². The van der Waals surface area contributed by atoms with Crippen LogP contribution >= 0.6 is 23.2 Å². The quantitative estimate of drug-likeness (QED) is 0.500. The molecule has 0 radical (unpaired) electrons. The zero-order chi connectivity index (χ0) is 20.8. The van der Waals surface area contributed by atoms with Gasteiger partial charge in [0.25, 0.3) is 5.91 Å². The van der Waals surface area contributed by atoms with Gasteiger partial charge in [-0.25, -0.2) is 4.85 Å². The van der Waals surface area contributed by atoms with Crippen molar-refractivity contribution >= 4 is 46.2 Å². The van der Waals surface area contributed by atoms with E-state index in [1.807, 2.05) is 10.7 Å². The van der Waals surface area contributed by atoms with Crippen LogP contribution in [0.2, 0.25) is 10.0 Å². The first-order valence-corrected chi connectivity index (χ1v) is 7.65. The molecule has 0 saturated heterocycles. The zero-order valence-corrected chi connectivity index (χ0v) is 14.6. The third-order valence-corrected chi connectivity index (χ3v) is 4.30. The normalized spacial score (nSPS) is 19.9. The molecule has 0 bridgehead atoms. The Morgan fingerprint density at radius 1 is 1.30 bits per heavy atom. The van der Waals surface area contributed by atoms with Gasteiger partial charge in [0, 0.05) is 6.42 Å². The number of nitrogens with zero attached hydrogens (tertiary/aromatic N) is 2. The minimum absolute atomic E-state index is 0.481. The van der Waals surface area contributed by atoms with Crippen LogP contribution in [0.15, 0.2) is 11.2 Å². The molecule has 1 aromatic rings. The molecule has 0 fully saturated rings. The Hall–Kier alpha value is -2.19. The predicted molar refractivity (Wildman–Crippen MR) is 86.0 cm³/mol. The Kier molecular flexibility index (Phi) is 5.29. The maximum Gasteiger partial charge on any atom is 0.431 e. The summed E-state index contributed by atoms with van der Waals surface area (Å²) in [7, 11) is 0. The van der Waals surface area contributed by atoms with E-state index in [1.54, 1.807) is 0 Å². The van der Waals surface area contributed by atoms with Crippen LogP contribution < -0.4 is 10.7 Å². The fourth-order valence-corrected chi connectivity index (χ4v) is 2.88. The molecule has 1 heterocycles. The lowest BCUT2D eigenvalue weighted by atomic mass is 9.95. The Balaban J connectivity index is 2.39. The highest BCUT2D eigenvalue weighted by atomic mass is 35.5. The summed E-state index contributed by atoms with van der Waals surface area (Å²) in [5, 5.41) is 3.51. The summed E-state index contributed by atoms with van der Waals surface area (Å²) >= 11 is 11.5. The van der Waals surface area contributed by atoms with Gasteiger partial charge < -0.3 is 5.32 Å². The number of carbonyl (C=O) groups excluding carboxylic acids is 1. The van der Waals surface area contributed by atoms with Crippen molar-refractivity contribution in [1.29, 1.82) is 0 Å². The molecule has 0 aromatic heterocycles. The average molecular weight is 433 g/mol. The van der Waals surface area contributed by atoms with Crippen LogP contribution in [0, 0.1) is 6.57 Å². The molecule has 1 aromatic carbocycles. The van der Waals surface area contributed by atoms with Crippen molar-refractivity contribution in [3.63, 3.8) is 0 Å². The maximum absolute atomic E-state index is 13.2. The highest BCUT2D eigenvalue weighted by molar-refractivity contribution is 6.41.